The molecule has 1 atom stereocenters. The molecule has 1 rings (SSSR count). The van der Waals surface area contributed by atoms with E-state index in [0.717, 1.165) is 6.26 Å². The highest BCUT2D eigenvalue weighted by Crippen LogP contribution is 2.32. The Bertz CT molecular complexity index is 650. The number of rotatable bonds is 6. The van der Waals surface area contributed by atoms with Gasteiger partial charge < -0.3 is 10.1 Å². The van der Waals surface area contributed by atoms with Crippen molar-refractivity contribution in [1.82, 2.24) is 0 Å². The SMILES string of the molecule is COC(CNc1cccc(S(C)(=O)=O)c1[N+](=O)[O-])C(C)(C)C. The molecule has 1 unspecified atom stereocenters. The van der Waals surface area contributed by atoms with E-state index < -0.39 is 20.4 Å². The third kappa shape index (κ3) is 4.41. The average molecular weight is 330 g/mol. The van der Waals surface area contributed by atoms with Crippen LogP contribution in [0.5, 0.6) is 0 Å². The molecule has 8 heteroatoms. The van der Waals surface area contributed by atoms with Gasteiger partial charge in [0.2, 0.25) is 0 Å². The molecule has 0 heterocycles. The number of benzene rings is 1. The fourth-order valence-electron chi connectivity index (χ4n) is 2.10. The van der Waals surface area contributed by atoms with Crippen molar-refractivity contribution >= 4 is 21.2 Å². The lowest BCUT2D eigenvalue weighted by molar-refractivity contribution is -0.386. The van der Waals surface area contributed by atoms with Crippen molar-refractivity contribution in [3.05, 3.63) is 28.3 Å². The van der Waals surface area contributed by atoms with Gasteiger partial charge in [-0.3, -0.25) is 10.1 Å². The van der Waals surface area contributed by atoms with Gasteiger partial charge in [0.15, 0.2) is 9.84 Å². The molecule has 7 nitrogen and oxygen atoms in total. The molecular formula is C14H22N2O5S. The molecule has 22 heavy (non-hydrogen) atoms. The lowest BCUT2D eigenvalue weighted by Gasteiger charge is -2.29. The van der Waals surface area contributed by atoms with Crippen LogP contribution < -0.4 is 5.32 Å². The van der Waals surface area contributed by atoms with Crippen LogP contribution in [-0.4, -0.2) is 39.4 Å². The third-order valence-electron chi connectivity index (χ3n) is 3.31. The number of para-hydroxylation sites is 1. The van der Waals surface area contributed by atoms with E-state index in [2.05, 4.69) is 5.32 Å². The van der Waals surface area contributed by atoms with Gasteiger partial charge in [-0.2, -0.15) is 0 Å². The van der Waals surface area contributed by atoms with Gasteiger partial charge in [-0.1, -0.05) is 26.8 Å². The van der Waals surface area contributed by atoms with Crippen molar-refractivity contribution in [2.24, 2.45) is 5.41 Å². The lowest BCUT2D eigenvalue weighted by Crippen LogP contribution is -2.35. The van der Waals surface area contributed by atoms with Crippen molar-refractivity contribution in [3.8, 4) is 0 Å². The zero-order valence-corrected chi connectivity index (χ0v) is 14.2. The molecule has 1 aromatic carbocycles. The Morgan fingerprint density at radius 2 is 1.95 bits per heavy atom. The van der Waals surface area contributed by atoms with Crippen molar-refractivity contribution in [3.63, 3.8) is 0 Å². The molecule has 0 bridgehead atoms. The monoisotopic (exact) mass is 330 g/mol. The van der Waals surface area contributed by atoms with E-state index in [1.807, 2.05) is 20.8 Å². The number of hydrogen-bond donors (Lipinski definition) is 1. The summed E-state index contributed by atoms with van der Waals surface area (Å²) in [6, 6.07) is 4.20. The van der Waals surface area contributed by atoms with E-state index in [4.69, 9.17) is 4.74 Å². The van der Waals surface area contributed by atoms with Crippen molar-refractivity contribution in [1.29, 1.82) is 0 Å². The third-order valence-corrected chi connectivity index (χ3v) is 4.44. The summed E-state index contributed by atoms with van der Waals surface area (Å²) in [5, 5.41) is 14.2. The predicted octanol–water partition coefficient (Wildman–Crippen LogP) is 2.47. The van der Waals surface area contributed by atoms with Crippen LogP contribution >= 0.6 is 0 Å². The lowest BCUT2D eigenvalue weighted by atomic mass is 9.89. The molecule has 0 saturated carbocycles. The number of nitro benzene ring substituents is 1. The second-order valence-electron chi connectivity index (χ2n) is 6.15. The smallest absolute Gasteiger partial charge is 0.310 e. The first-order valence-corrected chi connectivity index (χ1v) is 8.61. The molecule has 0 radical (unpaired) electrons. The van der Waals surface area contributed by atoms with Crippen molar-refractivity contribution < 1.29 is 18.1 Å². The fraction of sp³-hybridized carbons (Fsp3) is 0.571. The molecule has 1 aromatic rings. The zero-order valence-electron chi connectivity index (χ0n) is 13.4. The Balaban J connectivity index is 3.19. The van der Waals surface area contributed by atoms with E-state index in [-0.39, 0.29) is 22.1 Å². The number of anilines is 1. The first-order chi connectivity index (χ1) is 9.98. The largest absolute Gasteiger partial charge is 0.379 e. The number of nitrogens with zero attached hydrogens (tertiary/aromatic N) is 1. The van der Waals surface area contributed by atoms with Gasteiger partial charge in [-0.05, 0) is 17.5 Å². The standard InChI is InChI=1S/C14H22N2O5S/c1-14(2,3)12(21-4)9-15-10-7-6-8-11(22(5,19)20)13(10)16(17)18/h6-8,12,15H,9H2,1-5H3. The van der Waals surface area contributed by atoms with Gasteiger partial charge in [0, 0.05) is 19.9 Å². The maximum Gasteiger partial charge on any atom is 0.310 e. The Hall–Kier alpha value is -1.67. The maximum absolute atomic E-state index is 11.7. The molecule has 0 spiro atoms. The molecule has 124 valence electrons. The minimum atomic E-state index is -3.69. The van der Waals surface area contributed by atoms with Crippen LogP contribution in [0.4, 0.5) is 11.4 Å². The van der Waals surface area contributed by atoms with Crippen LogP contribution in [0.2, 0.25) is 0 Å². The van der Waals surface area contributed by atoms with Gasteiger partial charge in [0.1, 0.15) is 10.6 Å². The first-order valence-electron chi connectivity index (χ1n) is 6.72. The zero-order chi connectivity index (χ0) is 17.1. The number of hydrogen-bond acceptors (Lipinski definition) is 6. The minimum Gasteiger partial charge on any atom is -0.379 e. The predicted molar refractivity (Wildman–Crippen MR) is 84.9 cm³/mol. The summed E-state index contributed by atoms with van der Waals surface area (Å²) >= 11 is 0. The van der Waals surface area contributed by atoms with Crippen LogP contribution in [0.25, 0.3) is 0 Å². The van der Waals surface area contributed by atoms with Crippen LogP contribution in [0.1, 0.15) is 20.8 Å². The summed E-state index contributed by atoms with van der Waals surface area (Å²) in [7, 11) is -2.12. The molecule has 0 fully saturated rings. The molecule has 0 aliphatic heterocycles. The number of nitrogens with one attached hydrogen (secondary N) is 1. The summed E-state index contributed by atoms with van der Waals surface area (Å²) in [5.41, 5.74) is -0.432. The number of sulfone groups is 1. The topological polar surface area (TPSA) is 98.5 Å². The molecule has 0 saturated heterocycles. The summed E-state index contributed by atoms with van der Waals surface area (Å²) in [6.07, 6.45) is 0.765. The van der Waals surface area contributed by atoms with Crippen LogP contribution in [0.15, 0.2) is 23.1 Å². The van der Waals surface area contributed by atoms with E-state index in [1.165, 1.54) is 18.2 Å². The van der Waals surface area contributed by atoms with Crippen LogP contribution in [-0.2, 0) is 14.6 Å². The fourth-order valence-corrected chi connectivity index (χ4v) is 2.96. The first kappa shape index (κ1) is 18.4. The summed E-state index contributed by atoms with van der Waals surface area (Å²) in [5.74, 6) is 0. The highest BCUT2D eigenvalue weighted by molar-refractivity contribution is 7.90. The summed E-state index contributed by atoms with van der Waals surface area (Å²) in [6.45, 7) is 6.30. The summed E-state index contributed by atoms with van der Waals surface area (Å²) < 4.78 is 28.8. The van der Waals surface area contributed by atoms with Gasteiger partial charge in [0.05, 0.1) is 11.0 Å². The van der Waals surface area contributed by atoms with E-state index in [1.54, 1.807) is 7.11 Å². The molecule has 0 amide bonds. The molecule has 0 aliphatic carbocycles. The average Bonchev–Trinajstić information content (AvgIpc) is 2.36. The minimum absolute atomic E-state index is 0.162. The normalized spacial score (nSPS) is 13.7. The van der Waals surface area contributed by atoms with E-state index in [9.17, 15) is 18.5 Å². The summed E-state index contributed by atoms with van der Waals surface area (Å²) in [4.78, 5) is 10.3. The van der Waals surface area contributed by atoms with Crippen molar-refractivity contribution in [2.45, 2.75) is 31.8 Å². The molecular weight excluding hydrogens is 308 g/mol. The van der Waals surface area contributed by atoms with Gasteiger partial charge >= 0.3 is 5.69 Å². The van der Waals surface area contributed by atoms with Gasteiger partial charge in [-0.15, -0.1) is 0 Å². The second-order valence-corrected chi connectivity index (χ2v) is 8.14. The maximum atomic E-state index is 11.7. The highest BCUT2D eigenvalue weighted by Gasteiger charge is 2.28. The second kappa shape index (κ2) is 6.62. The van der Waals surface area contributed by atoms with Crippen LogP contribution in [0, 0.1) is 15.5 Å². The Morgan fingerprint density at radius 3 is 2.36 bits per heavy atom. The molecule has 0 aromatic heterocycles. The Labute approximate surface area is 130 Å². The number of methoxy groups -OCH3 is 1. The van der Waals surface area contributed by atoms with Gasteiger partial charge in [0.25, 0.3) is 0 Å². The van der Waals surface area contributed by atoms with Crippen molar-refractivity contribution in [2.75, 3.05) is 25.2 Å². The molecule has 1 N–H and O–H groups in total. The number of nitro groups is 1. The number of ether oxygens (including phenoxy) is 1. The Kier molecular flexibility index (Phi) is 5.53. The quantitative estimate of drug-likeness (QED) is 0.635. The van der Waals surface area contributed by atoms with Gasteiger partial charge in [-0.25, -0.2) is 8.42 Å². The molecule has 0 aliphatic rings. The van der Waals surface area contributed by atoms with E-state index in [0.29, 0.717) is 6.54 Å². The van der Waals surface area contributed by atoms with E-state index >= 15 is 0 Å². The Morgan fingerprint density at radius 1 is 1.36 bits per heavy atom. The van der Waals surface area contributed by atoms with Crippen LogP contribution in [0.3, 0.4) is 0 Å². The highest BCUT2D eigenvalue weighted by atomic mass is 32.2.